The number of phenolic OH excluding ortho intramolecular Hbond substituents is 1. The van der Waals surface area contributed by atoms with E-state index in [1.807, 2.05) is 13.0 Å². The lowest BCUT2D eigenvalue weighted by atomic mass is 10.1. The quantitative estimate of drug-likeness (QED) is 0.780. The molecule has 0 aromatic heterocycles. The predicted molar refractivity (Wildman–Crippen MR) is 68.4 cm³/mol. The Bertz CT molecular complexity index is 342. The number of aliphatic hydroxyl groups is 1. The van der Waals surface area contributed by atoms with E-state index >= 15 is 0 Å². The average molecular weight is 288 g/mol. The summed E-state index contributed by atoms with van der Waals surface area (Å²) in [5.74, 6) is 0.292. The van der Waals surface area contributed by atoms with Gasteiger partial charge in [0.1, 0.15) is 5.75 Å². The normalized spacial score (nSPS) is 14.8. The summed E-state index contributed by atoms with van der Waals surface area (Å²) in [6.07, 6.45) is 0.396. The molecule has 2 atom stereocenters. The van der Waals surface area contributed by atoms with Crippen LogP contribution in [0.2, 0.25) is 0 Å². The summed E-state index contributed by atoms with van der Waals surface area (Å²) in [6, 6.07) is 5.58. The summed E-state index contributed by atoms with van der Waals surface area (Å²) in [5, 5.41) is 22.1. The number of rotatable bonds is 5. The maximum absolute atomic E-state index is 9.62. The number of nitrogens with one attached hydrogen (secondary N) is 1. The molecule has 3 N–H and O–H groups in total. The maximum atomic E-state index is 9.62. The Morgan fingerprint density at radius 1 is 1.38 bits per heavy atom. The Hall–Kier alpha value is -0.580. The van der Waals surface area contributed by atoms with Crippen molar-refractivity contribution in [3.8, 4) is 5.75 Å². The van der Waals surface area contributed by atoms with Gasteiger partial charge in [-0.15, -0.1) is 0 Å². The zero-order valence-electron chi connectivity index (χ0n) is 9.57. The van der Waals surface area contributed by atoms with Crippen LogP contribution in [-0.2, 0) is 6.54 Å². The minimum Gasteiger partial charge on any atom is -0.508 e. The fraction of sp³-hybridized carbons (Fsp3) is 0.500. The van der Waals surface area contributed by atoms with Crippen molar-refractivity contribution in [3.05, 3.63) is 28.2 Å². The molecule has 3 nitrogen and oxygen atoms in total. The molecule has 0 radical (unpaired) electrons. The first kappa shape index (κ1) is 13.5. The van der Waals surface area contributed by atoms with E-state index in [0.717, 1.165) is 10.0 Å². The maximum Gasteiger partial charge on any atom is 0.120 e. The Labute approximate surface area is 105 Å². The van der Waals surface area contributed by atoms with Crippen LogP contribution in [0.4, 0.5) is 0 Å². The molecule has 1 rings (SSSR count). The van der Waals surface area contributed by atoms with Crippen molar-refractivity contribution in [2.45, 2.75) is 39.0 Å². The number of hydrogen-bond donors (Lipinski definition) is 3. The molecule has 0 aliphatic carbocycles. The number of halogens is 1. The summed E-state index contributed by atoms with van der Waals surface area (Å²) in [7, 11) is 0. The molecule has 1 aromatic rings. The van der Waals surface area contributed by atoms with E-state index in [1.54, 1.807) is 19.1 Å². The van der Waals surface area contributed by atoms with E-state index in [1.165, 1.54) is 0 Å². The van der Waals surface area contributed by atoms with Gasteiger partial charge in [0.05, 0.1) is 6.10 Å². The first-order valence-electron chi connectivity index (χ1n) is 5.38. The smallest absolute Gasteiger partial charge is 0.120 e. The topological polar surface area (TPSA) is 52.5 Å². The van der Waals surface area contributed by atoms with E-state index in [2.05, 4.69) is 21.2 Å². The van der Waals surface area contributed by atoms with E-state index in [4.69, 9.17) is 0 Å². The minimum absolute atomic E-state index is 0.221. The molecule has 1 aromatic carbocycles. The molecule has 0 amide bonds. The molecule has 2 unspecified atom stereocenters. The highest BCUT2D eigenvalue weighted by Crippen LogP contribution is 2.21. The van der Waals surface area contributed by atoms with Gasteiger partial charge in [0.15, 0.2) is 0 Å². The van der Waals surface area contributed by atoms with Gasteiger partial charge >= 0.3 is 0 Å². The molecule has 0 bridgehead atoms. The third-order valence-corrected chi connectivity index (χ3v) is 2.87. The lowest BCUT2D eigenvalue weighted by Crippen LogP contribution is -2.28. The second-order valence-corrected chi connectivity index (χ2v) is 5.06. The summed E-state index contributed by atoms with van der Waals surface area (Å²) in [5.41, 5.74) is 0.854. The van der Waals surface area contributed by atoms with Gasteiger partial charge in [-0.1, -0.05) is 15.9 Å². The molecule has 0 saturated carbocycles. The highest BCUT2D eigenvalue weighted by molar-refractivity contribution is 9.10. The Kier molecular flexibility index (Phi) is 5.25. The Morgan fingerprint density at radius 3 is 2.69 bits per heavy atom. The van der Waals surface area contributed by atoms with Crippen molar-refractivity contribution in [1.29, 1.82) is 0 Å². The van der Waals surface area contributed by atoms with Crippen molar-refractivity contribution in [2.75, 3.05) is 0 Å². The predicted octanol–water partition coefficient (Wildman–Crippen LogP) is 2.40. The standard InChI is InChI=1S/C12H18BrNO2/c1-8(5-9(2)15)14-7-10-6-11(13)3-4-12(10)16/h3-4,6,8-9,14-16H,5,7H2,1-2H3. The van der Waals surface area contributed by atoms with Crippen LogP contribution in [0.25, 0.3) is 0 Å². The van der Waals surface area contributed by atoms with Crippen LogP contribution in [-0.4, -0.2) is 22.4 Å². The number of aliphatic hydroxyl groups excluding tert-OH is 1. The van der Waals surface area contributed by atoms with Crippen LogP contribution >= 0.6 is 15.9 Å². The third kappa shape index (κ3) is 4.51. The second-order valence-electron chi connectivity index (χ2n) is 4.14. The van der Waals surface area contributed by atoms with Gasteiger partial charge in [-0.2, -0.15) is 0 Å². The Balaban J connectivity index is 2.51. The molecule has 0 spiro atoms. The third-order valence-electron chi connectivity index (χ3n) is 2.38. The highest BCUT2D eigenvalue weighted by Gasteiger charge is 2.07. The van der Waals surface area contributed by atoms with Crippen LogP contribution < -0.4 is 5.32 Å². The van der Waals surface area contributed by atoms with Crippen molar-refractivity contribution in [3.63, 3.8) is 0 Å². The van der Waals surface area contributed by atoms with Crippen LogP contribution in [0, 0.1) is 0 Å². The van der Waals surface area contributed by atoms with Gasteiger partial charge in [-0.25, -0.2) is 0 Å². The van der Waals surface area contributed by atoms with Gasteiger partial charge in [-0.3, -0.25) is 0 Å². The zero-order valence-corrected chi connectivity index (χ0v) is 11.2. The molecule has 0 fully saturated rings. The SMILES string of the molecule is CC(O)CC(C)NCc1cc(Br)ccc1O. The largest absolute Gasteiger partial charge is 0.508 e. The summed E-state index contributed by atoms with van der Waals surface area (Å²) in [4.78, 5) is 0. The van der Waals surface area contributed by atoms with E-state index < -0.39 is 0 Å². The van der Waals surface area contributed by atoms with Gasteiger partial charge in [0, 0.05) is 22.6 Å². The molecule has 90 valence electrons. The summed E-state index contributed by atoms with van der Waals surface area (Å²) < 4.78 is 0.949. The van der Waals surface area contributed by atoms with Gasteiger partial charge < -0.3 is 15.5 Å². The lowest BCUT2D eigenvalue weighted by molar-refractivity contribution is 0.170. The molecular formula is C12H18BrNO2. The summed E-state index contributed by atoms with van der Waals surface area (Å²) >= 11 is 3.36. The summed E-state index contributed by atoms with van der Waals surface area (Å²) in [6.45, 7) is 4.38. The van der Waals surface area contributed by atoms with Crippen molar-refractivity contribution in [1.82, 2.24) is 5.32 Å². The van der Waals surface area contributed by atoms with Gasteiger partial charge in [0.25, 0.3) is 0 Å². The zero-order chi connectivity index (χ0) is 12.1. The molecular weight excluding hydrogens is 270 g/mol. The molecule has 0 saturated heterocycles. The molecule has 4 heteroatoms. The number of hydrogen-bond acceptors (Lipinski definition) is 3. The van der Waals surface area contributed by atoms with Crippen molar-refractivity contribution >= 4 is 15.9 Å². The fourth-order valence-corrected chi connectivity index (χ4v) is 1.98. The Morgan fingerprint density at radius 2 is 2.06 bits per heavy atom. The van der Waals surface area contributed by atoms with Crippen LogP contribution in [0.15, 0.2) is 22.7 Å². The first-order chi connectivity index (χ1) is 7.49. The second kappa shape index (κ2) is 6.23. The van der Waals surface area contributed by atoms with Gasteiger partial charge in [0.2, 0.25) is 0 Å². The number of aromatic hydroxyl groups is 1. The molecule has 0 heterocycles. The average Bonchev–Trinajstić information content (AvgIpc) is 2.18. The molecule has 0 aliphatic rings. The van der Waals surface area contributed by atoms with Crippen LogP contribution in [0.5, 0.6) is 5.75 Å². The molecule has 0 aliphatic heterocycles. The van der Waals surface area contributed by atoms with E-state index in [0.29, 0.717) is 18.7 Å². The van der Waals surface area contributed by atoms with E-state index in [-0.39, 0.29) is 12.1 Å². The molecule has 16 heavy (non-hydrogen) atoms. The van der Waals surface area contributed by atoms with E-state index in [9.17, 15) is 10.2 Å². The van der Waals surface area contributed by atoms with Crippen molar-refractivity contribution < 1.29 is 10.2 Å². The fourth-order valence-electron chi connectivity index (χ4n) is 1.57. The van der Waals surface area contributed by atoms with Gasteiger partial charge in [-0.05, 0) is 38.5 Å². The van der Waals surface area contributed by atoms with Crippen LogP contribution in [0.1, 0.15) is 25.8 Å². The number of phenols is 1. The van der Waals surface area contributed by atoms with Crippen LogP contribution in [0.3, 0.4) is 0 Å². The van der Waals surface area contributed by atoms with Crippen molar-refractivity contribution in [2.24, 2.45) is 0 Å². The minimum atomic E-state index is -0.307. The number of benzene rings is 1. The highest BCUT2D eigenvalue weighted by atomic mass is 79.9. The lowest BCUT2D eigenvalue weighted by Gasteiger charge is -2.16. The first-order valence-corrected chi connectivity index (χ1v) is 6.17. The monoisotopic (exact) mass is 287 g/mol.